The third-order valence-electron chi connectivity index (χ3n) is 3.74. The summed E-state index contributed by atoms with van der Waals surface area (Å²) >= 11 is 0. The van der Waals surface area contributed by atoms with Crippen LogP contribution in [-0.4, -0.2) is 38.3 Å². The van der Waals surface area contributed by atoms with Crippen LogP contribution in [0, 0.1) is 0 Å². The first-order valence-corrected chi connectivity index (χ1v) is 7.49. The van der Waals surface area contributed by atoms with Crippen LogP contribution < -0.4 is 15.8 Å². The fourth-order valence-corrected chi connectivity index (χ4v) is 2.52. The van der Waals surface area contributed by atoms with Gasteiger partial charge in [-0.1, -0.05) is 12.1 Å². The molecule has 1 saturated heterocycles. The van der Waals surface area contributed by atoms with Crippen molar-refractivity contribution in [1.82, 2.24) is 5.32 Å². The number of ether oxygens (including phenoxy) is 2. The zero-order valence-corrected chi connectivity index (χ0v) is 12.5. The maximum atomic E-state index is 11.9. The minimum atomic E-state index is -0.324. The van der Waals surface area contributed by atoms with Crippen molar-refractivity contribution in [2.75, 3.05) is 20.2 Å². The Labute approximate surface area is 125 Å². The average molecular weight is 292 g/mol. The lowest BCUT2D eigenvalue weighted by atomic mass is 10.1. The van der Waals surface area contributed by atoms with Crippen LogP contribution in [0.15, 0.2) is 24.3 Å². The van der Waals surface area contributed by atoms with Gasteiger partial charge in [-0.2, -0.15) is 0 Å². The lowest BCUT2D eigenvalue weighted by molar-refractivity contribution is -0.131. The molecule has 1 fully saturated rings. The van der Waals surface area contributed by atoms with E-state index in [4.69, 9.17) is 15.2 Å². The Balaban J connectivity index is 1.66. The number of carbonyl (C=O) groups excluding carboxylic acids is 1. The lowest BCUT2D eigenvalue weighted by Crippen LogP contribution is -2.36. The smallest absolute Gasteiger partial charge is 0.249 e. The van der Waals surface area contributed by atoms with E-state index in [9.17, 15) is 4.79 Å². The molecule has 21 heavy (non-hydrogen) atoms. The molecule has 3 N–H and O–H groups in total. The molecule has 0 saturated carbocycles. The fourth-order valence-electron chi connectivity index (χ4n) is 2.52. The molecule has 1 aliphatic rings. The predicted molar refractivity (Wildman–Crippen MR) is 81.3 cm³/mol. The molecule has 2 atom stereocenters. The number of amides is 1. The second-order valence-corrected chi connectivity index (χ2v) is 5.31. The van der Waals surface area contributed by atoms with Crippen LogP contribution in [0.3, 0.4) is 0 Å². The van der Waals surface area contributed by atoms with Gasteiger partial charge in [-0.05, 0) is 43.4 Å². The maximum Gasteiger partial charge on any atom is 0.249 e. The molecule has 5 heteroatoms. The quantitative estimate of drug-likeness (QED) is 0.742. The summed E-state index contributed by atoms with van der Waals surface area (Å²) in [6.45, 7) is 1.14. The van der Waals surface area contributed by atoms with Gasteiger partial charge >= 0.3 is 0 Å². The third kappa shape index (κ3) is 4.72. The minimum absolute atomic E-state index is 0.0170. The summed E-state index contributed by atoms with van der Waals surface area (Å²) < 4.78 is 10.8. The van der Waals surface area contributed by atoms with Crippen molar-refractivity contribution in [2.24, 2.45) is 5.73 Å². The monoisotopic (exact) mass is 292 g/mol. The number of rotatable bonds is 7. The molecule has 0 aromatic heterocycles. The van der Waals surface area contributed by atoms with E-state index in [1.807, 2.05) is 18.2 Å². The summed E-state index contributed by atoms with van der Waals surface area (Å²) in [6.07, 6.45) is 3.16. The third-order valence-corrected chi connectivity index (χ3v) is 3.74. The highest BCUT2D eigenvalue weighted by atomic mass is 16.5. The van der Waals surface area contributed by atoms with Gasteiger partial charge in [0.15, 0.2) is 0 Å². The van der Waals surface area contributed by atoms with Crippen LogP contribution in [0.2, 0.25) is 0 Å². The van der Waals surface area contributed by atoms with E-state index in [-0.39, 0.29) is 18.1 Å². The van der Waals surface area contributed by atoms with E-state index >= 15 is 0 Å². The van der Waals surface area contributed by atoms with Gasteiger partial charge in [0.1, 0.15) is 11.9 Å². The van der Waals surface area contributed by atoms with Crippen molar-refractivity contribution in [2.45, 2.75) is 37.9 Å². The number of nitrogens with one attached hydrogen (secondary N) is 1. The summed E-state index contributed by atoms with van der Waals surface area (Å²) in [4.78, 5) is 11.9. The van der Waals surface area contributed by atoms with Crippen LogP contribution in [0.4, 0.5) is 0 Å². The van der Waals surface area contributed by atoms with Crippen molar-refractivity contribution >= 4 is 5.91 Å². The molecule has 0 spiro atoms. The molecular formula is C16H24N2O3. The first kappa shape index (κ1) is 15.8. The van der Waals surface area contributed by atoms with Crippen molar-refractivity contribution < 1.29 is 14.3 Å². The number of hydrogen-bond donors (Lipinski definition) is 2. The summed E-state index contributed by atoms with van der Waals surface area (Å²) in [6, 6.07) is 7.99. The predicted octanol–water partition coefficient (Wildman–Crippen LogP) is 1.25. The molecule has 0 bridgehead atoms. The van der Waals surface area contributed by atoms with Gasteiger partial charge in [-0.15, -0.1) is 0 Å². The van der Waals surface area contributed by atoms with E-state index in [0.29, 0.717) is 13.1 Å². The van der Waals surface area contributed by atoms with Gasteiger partial charge in [0.05, 0.1) is 13.2 Å². The Hall–Kier alpha value is -1.59. The number of carbonyl (C=O) groups is 1. The molecule has 1 amide bonds. The molecule has 0 radical (unpaired) electrons. The van der Waals surface area contributed by atoms with Crippen LogP contribution in [0.1, 0.15) is 24.8 Å². The normalized spacial score (nSPS) is 21.2. The maximum absolute atomic E-state index is 11.9. The Bertz CT molecular complexity index is 465. The van der Waals surface area contributed by atoms with Crippen molar-refractivity contribution in [3.63, 3.8) is 0 Å². The van der Waals surface area contributed by atoms with E-state index in [1.54, 1.807) is 7.11 Å². The number of aryl methyl sites for hydroxylation is 1. The summed E-state index contributed by atoms with van der Waals surface area (Å²) in [5, 5.41) is 2.93. The van der Waals surface area contributed by atoms with Crippen LogP contribution in [0.25, 0.3) is 0 Å². The fraction of sp³-hybridized carbons (Fsp3) is 0.562. The number of hydrogen-bond acceptors (Lipinski definition) is 4. The topological polar surface area (TPSA) is 73.6 Å². The summed E-state index contributed by atoms with van der Waals surface area (Å²) in [7, 11) is 1.66. The molecule has 1 aromatic carbocycles. The van der Waals surface area contributed by atoms with Gasteiger partial charge in [0.2, 0.25) is 5.91 Å². The zero-order valence-electron chi connectivity index (χ0n) is 12.5. The highest BCUT2D eigenvalue weighted by molar-refractivity contribution is 5.80. The second kappa shape index (κ2) is 8.00. The second-order valence-electron chi connectivity index (χ2n) is 5.31. The largest absolute Gasteiger partial charge is 0.497 e. The molecule has 116 valence electrons. The molecular weight excluding hydrogens is 268 g/mol. The molecule has 1 aliphatic heterocycles. The van der Waals surface area contributed by atoms with Crippen molar-refractivity contribution in [1.29, 1.82) is 0 Å². The van der Waals surface area contributed by atoms with Crippen LogP contribution in [0.5, 0.6) is 5.75 Å². The molecule has 0 aliphatic carbocycles. The molecule has 1 aromatic rings. The Morgan fingerprint density at radius 2 is 2.33 bits per heavy atom. The molecule has 5 nitrogen and oxygen atoms in total. The van der Waals surface area contributed by atoms with Crippen molar-refractivity contribution in [3.05, 3.63) is 29.8 Å². The average Bonchev–Trinajstić information content (AvgIpc) is 3.00. The van der Waals surface area contributed by atoms with Crippen LogP contribution >= 0.6 is 0 Å². The molecule has 0 unspecified atom stereocenters. The first-order valence-electron chi connectivity index (χ1n) is 7.49. The Morgan fingerprint density at radius 3 is 3.05 bits per heavy atom. The lowest BCUT2D eigenvalue weighted by Gasteiger charge is -2.12. The minimum Gasteiger partial charge on any atom is -0.497 e. The Morgan fingerprint density at radius 1 is 1.48 bits per heavy atom. The van der Waals surface area contributed by atoms with Gasteiger partial charge in [0, 0.05) is 13.1 Å². The van der Waals surface area contributed by atoms with Gasteiger partial charge in [-0.25, -0.2) is 0 Å². The first-order chi connectivity index (χ1) is 10.2. The number of nitrogens with two attached hydrogens (primary N) is 1. The number of benzene rings is 1. The highest BCUT2D eigenvalue weighted by Crippen LogP contribution is 2.19. The van der Waals surface area contributed by atoms with E-state index in [2.05, 4.69) is 11.4 Å². The Kier molecular flexibility index (Phi) is 6.02. The highest BCUT2D eigenvalue weighted by Gasteiger charge is 2.29. The SMILES string of the molecule is COc1cccc(CCCNC(=O)[C@@H]2CC[C@H](CN)O2)c1. The van der Waals surface area contributed by atoms with E-state index in [1.165, 1.54) is 5.56 Å². The van der Waals surface area contributed by atoms with Crippen molar-refractivity contribution in [3.8, 4) is 5.75 Å². The zero-order chi connectivity index (χ0) is 15.1. The summed E-state index contributed by atoms with van der Waals surface area (Å²) in [5.41, 5.74) is 6.75. The summed E-state index contributed by atoms with van der Waals surface area (Å²) in [5.74, 6) is 0.848. The van der Waals surface area contributed by atoms with Gasteiger partial charge in [-0.3, -0.25) is 4.79 Å². The van der Waals surface area contributed by atoms with Gasteiger partial charge in [0.25, 0.3) is 0 Å². The number of methoxy groups -OCH3 is 1. The van der Waals surface area contributed by atoms with E-state index in [0.717, 1.165) is 31.4 Å². The molecule has 1 heterocycles. The van der Waals surface area contributed by atoms with E-state index < -0.39 is 0 Å². The standard InChI is InChI=1S/C16H24N2O3/c1-20-13-6-2-4-12(10-13)5-3-9-18-16(19)15-8-7-14(11-17)21-15/h2,4,6,10,14-15H,3,5,7-9,11,17H2,1H3,(H,18,19)/t14-,15+/m1/s1. The molecule has 2 rings (SSSR count). The van der Waals surface area contributed by atoms with Gasteiger partial charge < -0.3 is 20.5 Å². The van der Waals surface area contributed by atoms with Crippen LogP contribution in [-0.2, 0) is 16.0 Å².